The third-order valence-corrected chi connectivity index (χ3v) is 1.26. The van der Waals surface area contributed by atoms with Crippen LogP contribution in [0.3, 0.4) is 0 Å². The van der Waals surface area contributed by atoms with Crippen LogP contribution in [-0.2, 0) is 18.2 Å². The van der Waals surface area contributed by atoms with Gasteiger partial charge in [-0.25, -0.2) is 0 Å². The average Bonchev–Trinajstić information content (AvgIpc) is 2.15. The van der Waals surface area contributed by atoms with Crippen molar-refractivity contribution >= 4 is 16.5 Å². The molecular weight excluding hydrogens is 297 g/mol. The van der Waals surface area contributed by atoms with Crippen LogP contribution in [-0.4, -0.2) is 13.2 Å². The smallest absolute Gasteiger partial charge is 0.598 e. The molecule has 13 heteroatoms. The predicted molar refractivity (Wildman–Crippen MR) is 27.1 cm³/mol. The second kappa shape index (κ2) is 27.4. The topological polar surface area (TPSA) is 98.7 Å². The Morgan fingerprint density at radius 3 is 1.20 bits per heavy atom. The van der Waals surface area contributed by atoms with Crippen molar-refractivity contribution in [3.05, 3.63) is 0 Å². The molecule has 1 rings (SSSR count). The van der Waals surface area contributed by atoms with Crippen LogP contribution in [0.25, 0.3) is 0 Å². The Morgan fingerprint density at radius 2 is 1.13 bits per heavy atom. The van der Waals surface area contributed by atoms with Crippen molar-refractivity contribution in [2.24, 2.45) is 0 Å². The zero-order valence-electron chi connectivity index (χ0n) is 9.76. The molecular formula is C2H4Na5O6P2+5. The van der Waals surface area contributed by atoms with Crippen LogP contribution in [0.15, 0.2) is 0 Å². The third-order valence-electron chi connectivity index (χ3n) is 0.477. The van der Waals surface area contributed by atoms with Crippen LogP contribution in [0, 0.1) is 0 Å². The summed E-state index contributed by atoms with van der Waals surface area (Å²) in [6.45, 7) is 0.963. The summed E-state index contributed by atoms with van der Waals surface area (Å²) in [7, 11) is -5.09. The monoisotopic (exact) mass is 301 g/mol. The van der Waals surface area contributed by atoms with Crippen molar-refractivity contribution in [3.63, 3.8) is 0 Å². The predicted octanol–water partition coefficient (Wildman–Crippen LogP) is -15.9. The van der Waals surface area contributed by atoms with Crippen molar-refractivity contribution in [1.82, 2.24) is 0 Å². The molecule has 0 atom stereocenters. The van der Waals surface area contributed by atoms with E-state index >= 15 is 0 Å². The maximum atomic E-state index is 9.95. The first-order valence-electron chi connectivity index (χ1n) is 2.17. The molecule has 0 saturated carbocycles. The average molecular weight is 301 g/mol. The Labute approximate surface area is 201 Å². The van der Waals surface area contributed by atoms with E-state index in [-0.39, 0.29) is 148 Å². The molecule has 6 nitrogen and oxygen atoms in total. The summed E-state index contributed by atoms with van der Waals surface area (Å²) in [4.78, 5) is 17.0. The molecule has 0 bridgehead atoms. The van der Waals surface area contributed by atoms with Crippen LogP contribution in [0.2, 0.25) is 0 Å². The summed E-state index contributed by atoms with van der Waals surface area (Å²) in [5.74, 6) is 0. The van der Waals surface area contributed by atoms with Gasteiger partial charge in [0.05, 0.1) is 0 Å². The zero-order chi connectivity index (χ0) is 7.98. The van der Waals surface area contributed by atoms with Gasteiger partial charge < -0.3 is 9.79 Å². The van der Waals surface area contributed by atoms with Crippen LogP contribution in [0.5, 0.6) is 0 Å². The van der Waals surface area contributed by atoms with Crippen LogP contribution in [0.4, 0.5) is 0 Å². The summed E-state index contributed by atoms with van der Waals surface area (Å²) in [5.41, 5.74) is 0. The largest absolute Gasteiger partial charge is 1.00 e. The van der Waals surface area contributed by atoms with Crippen LogP contribution in [0.1, 0.15) is 0 Å². The van der Waals surface area contributed by atoms with Crippen molar-refractivity contribution in [2.75, 3.05) is 13.2 Å². The fourth-order valence-corrected chi connectivity index (χ4v) is 0.783. The van der Waals surface area contributed by atoms with Gasteiger partial charge in [0, 0.05) is 4.57 Å². The summed E-state index contributed by atoms with van der Waals surface area (Å²) in [6.07, 6.45) is 0. The van der Waals surface area contributed by atoms with Gasteiger partial charge in [0.1, 0.15) is 13.2 Å². The van der Waals surface area contributed by atoms with Crippen molar-refractivity contribution in [1.29, 1.82) is 0 Å². The quantitative estimate of drug-likeness (QED) is 0.325. The summed E-state index contributed by atoms with van der Waals surface area (Å²) >= 11 is 0. The minimum absolute atomic E-state index is 0. The molecule has 0 N–H and O–H groups in total. The molecule has 1 saturated heterocycles. The van der Waals surface area contributed by atoms with E-state index in [0.29, 0.717) is 13.2 Å². The van der Waals surface area contributed by atoms with Gasteiger partial charge in [0.15, 0.2) is 0 Å². The Bertz CT molecular complexity index is 135. The second-order valence-electron chi connectivity index (χ2n) is 1.11. The maximum Gasteiger partial charge on any atom is 1.00 e. The van der Waals surface area contributed by atoms with Crippen molar-refractivity contribution < 1.29 is 176 Å². The molecule has 0 unspecified atom stereocenters. The first-order chi connectivity index (χ1) is 4.63. The van der Waals surface area contributed by atoms with E-state index in [1.807, 2.05) is 0 Å². The van der Waals surface area contributed by atoms with Gasteiger partial charge >= 0.3 is 156 Å². The minimum atomic E-state index is -3.37. The molecule has 58 valence electrons. The van der Waals surface area contributed by atoms with Crippen molar-refractivity contribution in [2.45, 2.75) is 0 Å². The second-order valence-corrected chi connectivity index (χ2v) is 2.52. The van der Waals surface area contributed by atoms with E-state index in [4.69, 9.17) is 14.4 Å². The standard InChI is InChI=1S/C2H4O3P.5Na.HO3P/c3-6-4-1-2-5-6;;;;;;1-4(2)3/h1-2H2;;;;;;(H,1,2,3)/q6*+1;/p-1. The van der Waals surface area contributed by atoms with E-state index in [0.717, 1.165) is 0 Å². The molecule has 0 aromatic rings. The molecule has 0 amide bonds. The molecule has 1 fully saturated rings. The normalized spacial score (nSPS) is 10.7. The van der Waals surface area contributed by atoms with Gasteiger partial charge in [-0.2, -0.15) is 0 Å². The van der Waals surface area contributed by atoms with Crippen LogP contribution < -0.4 is 158 Å². The fraction of sp³-hybridized carbons (Fsp3) is 1.00. The van der Waals surface area contributed by atoms with Gasteiger partial charge in [-0.1, -0.05) is 4.57 Å². The number of rotatable bonds is 0. The molecule has 0 aromatic carbocycles. The first kappa shape index (κ1) is 36.9. The SMILES string of the molecule is O=[P+]([O-])[O-].O=[P+]1OCCO1.[Na+].[Na+].[Na+].[Na+].[Na+]. The van der Waals surface area contributed by atoms with Gasteiger partial charge in [-0.05, 0) is 0 Å². The number of hydrogen-bond donors (Lipinski definition) is 0. The fourth-order valence-electron chi connectivity index (χ4n) is 0.261. The molecule has 0 aliphatic carbocycles. The van der Waals surface area contributed by atoms with Gasteiger partial charge in [-0.15, -0.1) is 9.05 Å². The minimum Gasteiger partial charge on any atom is -0.598 e. The van der Waals surface area contributed by atoms with Gasteiger partial charge in [-0.3, -0.25) is 0 Å². The van der Waals surface area contributed by atoms with E-state index in [1.54, 1.807) is 0 Å². The first-order valence-corrected chi connectivity index (χ1v) is 4.36. The summed E-state index contributed by atoms with van der Waals surface area (Å²) in [5, 5.41) is 0. The Morgan fingerprint density at radius 1 is 0.933 bits per heavy atom. The van der Waals surface area contributed by atoms with E-state index in [9.17, 15) is 4.57 Å². The maximum absolute atomic E-state index is 9.95. The third kappa shape index (κ3) is 38.1. The van der Waals surface area contributed by atoms with E-state index in [1.165, 1.54) is 0 Å². The zero-order valence-corrected chi connectivity index (χ0v) is 21.5. The van der Waals surface area contributed by atoms with Crippen LogP contribution >= 0.6 is 16.5 Å². The molecule has 1 aliphatic heterocycles. The molecule has 1 aliphatic rings. The Kier molecular flexibility index (Phi) is 67.3. The Hall–Kier alpha value is 5.04. The van der Waals surface area contributed by atoms with Crippen molar-refractivity contribution in [3.8, 4) is 0 Å². The molecule has 15 heavy (non-hydrogen) atoms. The van der Waals surface area contributed by atoms with Gasteiger partial charge in [0.2, 0.25) is 0 Å². The molecule has 0 aromatic heterocycles. The van der Waals surface area contributed by atoms with E-state index < -0.39 is 16.5 Å². The molecule has 0 spiro atoms. The number of hydrogen-bond acceptors (Lipinski definition) is 6. The molecule has 1 heterocycles. The molecule has 0 radical (unpaired) electrons. The van der Waals surface area contributed by atoms with Gasteiger partial charge in [0.25, 0.3) is 8.25 Å². The summed E-state index contributed by atoms with van der Waals surface area (Å²) in [6, 6.07) is 0. The summed E-state index contributed by atoms with van der Waals surface area (Å²) < 4.78 is 27.3. The Balaban J connectivity index is -0.0000000211. The van der Waals surface area contributed by atoms with E-state index in [2.05, 4.69) is 9.05 Å².